The molecule has 1 spiro atoms. The third-order valence-corrected chi connectivity index (χ3v) is 7.90. The maximum atomic E-state index is 12.4. The van der Waals surface area contributed by atoms with Gasteiger partial charge in [0.25, 0.3) is 6.47 Å². The van der Waals surface area contributed by atoms with Crippen molar-refractivity contribution in [2.75, 3.05) is 26.2 Å². The van der Waals surface area contributed by atoms with E-state index in [0.29, 0.717) is 23.9 Å². The lowest BCUT2D eigenvalue weighted by Gasteiger charge is -2.29. The van der Waals surface area contributed by atoms with Gasteiger partial charge in [-0.2, -0.15) is 0 Å². The summed E-state index contributed by atoms with van der Waals surface area (Å²) in [6, 6.07) is 10.8. The highest BCUT2D eigenvalue weighted by Crippen LogP contribution is 2.54. The van der Waals surface area contributed by atoms with Gasteiger partial charge in [0, 0.05) is 44.4 Å². The van der Waals surface area contributed by atoms with Crippen molar-refractivity contribution in [1.82, 2.24) is 10.2 Å². The molecule has 6 nitrogen and oxygen atoms in total. The van der Waals surface area contributed by atoms with Gasteiger partial charge in [-0.25, -0.2) is 0 Å². The minimum Gasteiger partial charge on any atom is -0.483 e. The number of nitrogens with one attached hydrogen (secondary N) is 1. The highest BCUT2D eigenvalue weighted by molar-refractivity contribution is 5.76. The third kappa shape index (κ3) is 5.12. The van der Waals surface area contributed by atoms with Crippen LogP contribution in [-0.2, 0) is 20.7 Å². The molecule has 3 saturated heterocycles. The summed E-state index contributed by atoms with van der Waals surface area (Å²) in [6.45, 7) is 3.88. The van der Waals surface area contributed by atoms with Crippen LogP contribution in [0.3, 0.4) is 0 Å². The van der Waals surface area contributed by atoms with Crippen LogP contribution in [-0.4, -0.2) is 60.3 Å². The van der Waals surface area contributed by atoms with Gasteiger partial charge in [0.05, 0.1) is 11.7 Å². The van der Waals surface area contributed by atoms with Gasteiger partial charge >= 0.3 is 0 Å². The van der Waals surface area contributed by atoms with Gasteiger partial charge in [0.2, 0.25) is 5.91 Å². The molecule has 1 saturated carbocycles. The number of likely N-dealkylation sites (tertiary alicyclic amines) is 1. The maximum absolute atomic E-state index is 12.4. The number of benzene rings is 1. The molecule has 0 radical (unpaired) electrons. The normalized spacial score (nSPS) is 31.8. The van der Waals surface area contributed by atoms with E-state index in [1.807, 2.05) is 0 Å². The molecular weight excluding hydrogens is 392 g/mol. The minimum atomic E-state index is -0.250. The molecule has 1 aromatic carbocycles. The van der Waals surface area contributed by atoms with Crippen LogP contribution in [0.1, 0.15) is 50.5 Å². The fourth-order valence-electron chi connectivity index (χ4n) is 6.44. The number of amides is 1. The van der Waals surface area contributed by atoms with Crippen molar-refractivity contribution in [2.24, 2.45) is 17.8 Å². The Balaban J connectivity index is 0.000000730. The smallest absolute Gasteiger partial charge is 0.290 e. The number of rotatable bonds is 7. The Morgan fingerprint density at radius 2 is 1.97 bits per heavy atom. The highest BCUT2D eigenvalue weighted by Gasteiger charge is 2.62. The van der Waals surface area contributed by atoms with Gasteiger partial charge in [-0.15, -0.1) is 0 Å². The van der Waals surface area contributed by atoms with Gasteiger partial charge in [0.1, 0.15) is 0 Å². The molecular formula is C25H36N2O4. The first-order chi connectivity index (χ1) is 15.1. The van der Waals surface area contributed by atoms with Gasteiger partial charge in [-0.1, -0.05) is 43.2 Å². The first kappa shape index (κ1) is 22.3. The lowest BCUT2D eigenvalue weighted by Crippen LogP contribution is -2.42. The number of carbonyl (C=O) groups excluding carboxylic acids is 1. The predicted octanol–water partition coefficient (Wildman–Crippen LogP) is 3.11. The molecule has 2 bridgehead atoms. The Labute approximate surface area is 185 Å². The summed E-state index contributed by atoms with van der Waals surface area (Å²) in [4.78, 5) is 23.4. The van der Waals surface area contributed by atoms with E-state index in [1.54, 1.807) is 0 Å². The fourth-order valence-corrected chi connectivity index (χ4v) is 6.44. The molecule has 0 unspecified atom stereocenters. The molecule has 1 amide bonds. The molecule has 1 aliphatic carbocycles. The molecule has 31 heavy (non-hydrogen) atoms. The highest BCUT2D eigenvalue weighted by atomic mass is 16.5. The van der Waals surface area contributed by atoms with Crippen LogP contribution in [0.25, 0.3) is 0 Å². The zero-order valence-corrected chi connectivity index (χ0v) is 18.4. The second-order valence-electron chi connectivity index (χ2n) is 9.76. The first-order valence-corrected chi connectivity index (χ1v) is 11.9. The van der Waals surface area contributed by atoms with Gasteiger partial charge < -0.3 is 15.2 Å². The third-order valence-electron chi connectivity index (χ3n) is 7.90. The Morgan fingerprint density at radius 3 is 2.71 bits per heavy atom. The number of fused-ring (bicyclic) bond motifs is 1. The average molecular weight is 429 g/mol. The van der Waals surface area contributed by atoms with Crippen LogP contribution in [0.15, 0.2) is 30.3 Å². The number of hydrogen-bond acceptors (Lipinski definition) is 4. The van der Waals surface area contributed by atoms with Crippen LogP contribution < -0.4 is 5.32 Å². The predicted molar refractivity (Wildman–Crippen MR) is 119 cm³/mol. The Kier molecular flexibility index (Phi) is 7.28. The van der Waals surface area contributed by atoms with Crippen molar-refractivity contribution in [3.8, 4) is 0 Å². The molecule has 2 N–H and O–H groups in total. The van der Waals surface area contributed by atoms with Crippen LogP contribution in [0.5, 0.6) is 0 Å². The molecule has 0 aromatic heterocycles. The fraction of sp³-hybridized carbons (Fsp3) is 0.680. The van der Waals surface area contributed by atoms with Crippen LogP contribution >= 0.6 is 0 Å². The van der Waals surface area contributed by atoms with Crippen LogP contribution in [0.2, 0.25) is 0 Å². The summed E-state index contributed by atoms with van der Waals surface area (Å²) < 4.78 is 6.55. The van der Waals surface area contributed by atoms with E-state index in [0.717, 1.165) is 39.0 Å². The molecule has 3 aliphatic heterocycles. The number of hydrogen-bond donors (Lipinski definition) is 2. The SMILES string of the molecule is O=C(CC1CCCC1)NC[C@H]1[C@H]2CN(CCc3ccccc3)C[C@]23CC[C@H]1O3.O=CO. The Morgan fingerprint density at radius 1 is 1.23 bits per heavy atom. The van der Waals surface area contributed by atoms with Crippen LogP contribution in [0.4, 0.5) is 0 Å². The zero-order chi connectivity index (χ0) is 21.7. The van der Waals surface area contributed by atoms with E-state index in [1.165, 1.54) is 44.1 Å². The van der Waals surface area contributed by atoms with Gasteiger partial charge in [-0.05, 0) is 43.6 Å². The molecule has 5 rings (SSSR count). The topological polar surface area (TPSA) is 78.9 Å². The average Bonchev–Trinajstić information content (AvgIpc) is 3.54. The van der Waals surface area contributed by atoms with E-state index < -0.39 is 0 Å². The number of carbonyl (C=O) groups is 2. The van der Waals surface area contributed by atoms with E-state index >= 15 is 0 Å². The van der Waals surface area contributed by atoms with Crippen LogP contribution in [0, 0.1) is 17.8 Å². The molecule has 4 atom stereocenters. The Hall–Kier alpha value is -1.92. The molecule has 170 valence electrons. The van der Waals surface area contributed by atoms with Crippen molar-refractivity contribution in [2.45, 2.75) is 63.1 Å². The van der Waals surface area contributed by atoms with Crippen molar-refractivity contribution < 1.29 is 19.4 Å². The zero-order valence-electron chi connectivity index (χ0n) is 18.4. The number of ether oxygens (including phenoxy) is 1. The van der Waals surface area contributed by atoms with E-state index in [9.17, 15) is 4.79 Å². The molecule has 4 fully saturated rings. The quantitative estimate of drug-likeness (QED) is 0.653. The van der Waals surface area contributed by atoms with Crippen molar-refractivity contribution in [3.05, 3.63) is 35.9 Å². The van der Waals surface area contributed by atoms with E-state index in [2.05, 4.69) is 40.5 Å². The van der Waals surface area contributed by atoms with E-state index in [-0.39, 0.29) is 18.0 Å². The lowest BCUT2D eigenvalue weighted by molar-refractivity contribution is -0.123. The first-order valence-electron chi connectivity index (χ1n) is 11.9. The summed E-state index contributed by atoms with van der Waals surface area (Å²) in [6.07, 6.45) is 9.68. The maximum Gasteiger partial charge on any atom is 0.290 e. The monoisotopic (exact) mass is 428 g/mol. The van der Waals surface area contributed by atoms with Crippen molar-refractivity contribution in [3.63, 3.8) is 0 Å². The standard InChI is InChI=1S/C24H34N2O2.CH2O2/c27-23(14-19-8-4-5-9-19)25-15-20-21-16-26(13-11-18-6-2-1-3-7-18)17-24(21)12-10-22(20)28-24;2-1-3/h1-3,6-7,19-22H,4-5,8-17H2,(H,25,27);1H,(H,2,3)/t20-,21+,22+,24+;/m0./s1. The Bertz CT molecular complexity index is 736. The summed E-state index contributed by atoms with van der Waals surface area (Å²) in [5.41, 5.74) is 1.49. The van der Waals surface area contributed by atoms with Gasteiger partial charge in [-0.3, -0.25) is 14.5 Å². The molecule has 4 aliphatic rings. The lowest BCUT2D eigenvalue weighted by atomic mass is 9.73. The second kappa shape index (κ2) is 10.1. The van der Waals surface area contributed by atoms with Gasteiger partial charge in [0.15, 0.2) is 0 Å². The van der Waals surface area contributed by atoms with Crippen molar-refractivity contribution >= 4 is 12.4 Å². The van der Waals surface area contributed by atoms with Crippen molar-refractivity contribution in [1.29, 1.82) is 0 Å². The number of nitrogens with zero attached hydrogens (tertiary/aromatic N) is 1. The second-order valence-corrected chi connectivity index (χ2v) is 9.76. The molecule has 3 heterocycles. The summed E-state index contributed by atoms with van der Waals surface area (Å²) in [5.74, 6) is 1.99. The summed E-state index contributed by atoms with van der Waals surface area (Å²) in [5, 5.41) is 10.2. The summed E-state index contributed by atoms with van der Waals surface area (Å²) >= 11 is 0. The largest absolute Gasteiger partial charge is 0.483 e. The molecule has 1 aromatic rings. The minimum absolute atomic E-state index is 0.0716. The number of carboxylic acid groups (broad SMARTS) is 1. The summed E-state index contributed by atoms with van der Waals surface area (Å²) in [7, 11) is 0. The van der Waals surface area contributed by atoms with E-state index in [4.69, 9.17) is 14.6 Å². The molecule has 6 heteroatoms.